The molecule has 0 heterocycles. The molecule has 0 aromatic carbocycles. The van der Waals surface area contributed by atoms with Crippen LogP contribution in [0.1, 0.15) is 0 Å². The number of carboxylic acid groups (broad SMARTS) is 1. The molecule has 10 nitrogen and oxygen atoms in total. The molecule has 5 atom stereocenters. The number of carbonyl (C=O) groups is 2. The molecule has 0 radical (unpaired) electrons. The van der Waals surface area contributed by atoms with Gasteiger partial charge in [0.1, 0.15) is 24.4 Å². The van der Waals surface area contributed by atoms with Gasteiger partial charge in [-0.3, -0.25) is 4.79 Å². The number of hydrogen-bond donors (Lipinski definition) is 8. The largest absolute Gasteiger partial charge is 0.480 e. The minimum atomic E-state index is -2.25. The zero-order valence-electron chi connectivity index (χ0n) is 9.75. The van der Waals surface area contributed by atoms with Crippen LogP contribution in [0, 0.1) is 0 Å². The molecule has 1 amide bonds. The first kappa shape index (κ1) is 17.7. The summed E-state index contributed by atoms with van der Waals surface area (Å²) in [5.41, 5.74) is 0. The van der Waals surface area contributed by atoms with Gasteiger partial charge in [0.25, 0.3) is 5.91 Å². The minimum Gasteiger partial charge on any atom is -0.480 e. The van der Waals surface area contributed by atoms with E-state index in [2.05, 4.69) is 0 Å². The highest BCUT2D eigenvalue weighted by atomic mass is 16.4. The van der Waals surface area contributed by atoms with E-state index in [9.17, 15) is 24.9 Å². The Morgan fingerprint density at radius 1 is 0.947 bits per heavy atom. The van der Waals surface area contributed by atoms with E-state index >= 15 is 0 Å². The van der Waals surface area contributed by atoms with E-state index in [1.54, 1.807) is 5.32 Å². The van der Waals surface area contributed by atoms with Gasteiger partial charge < -0.3 is 41.1 Å². The molecule has 0 saturated carbocycles. The molecule has 0 aromatic rings. The van der Waals surface area contributed by atoms with Crippen molar-refractivity contribution >= 4 is 11.9 Å². The number of amides is 1. The molecule has 0 fully saturated rings. The molecule has 0 unspecified atom stereocenters. The van der Waals surface area contributed by atoms with Crippen LogP contribution in [0.5, 0.6) is 0 Å². The summed E-state index contributed by atoms with van der Waals surface area (Å²) in [4.78, 5) is 21.8. The Morgan fingerprint density at radius 3 is 1.84 bits per heavy atom. The molecule has 0 aliphatic carbocycles. The van der Waals surface area contributed by atoms with Gasteiger partial charge in [-0.1, -0.05) is 0 Å². The minimum absolute atomic E-state index is 0.916. The van der Waals surface area contributed by atoms with Crippen molar-refractivity contribution in [3.8, 4) is 0 Å². The summed E-state index contributed by atoms with van der Waals surface area (Å²) < 4.78 is 0. The van der Waals surface area contributed by atoms with Crippen molar-refractivity contribution < 1.29 is 45.3 Å². The predicted octanol–water partition coefficient (Wildman–Crippen LogP) is -5.02. The van der Waals surface area contributed by atoms with Crippen molar-refractivity contribution in [3.05, 3.63) is 0 Å². The topological polar surface area (TPSA) is 188 Å². The molecule has 8 N–H and O–H groups in total. The van der Waals surface area contributed by atoms with Crippen molar-refractivity contribution in [2.75, 3.05) is 13.2 Å². The predicted molar refractivity (Wildman–Crippen MR) is 57.8 cm³/mol. The number of carboxylic acids is 1. The quantitative estimate of drug-likeness (QED) is 0.215. The van der Waals surface area contributed by atoms with Crippen molar-refractivity contribution in [2.24, 2.45) is 0 Å². The Labute approximate surface area is 107 Å². The molecule has 10 heteroatoms. The summed E-state index contributed by atoms with van der Waals surface area (Å²) in [5, 5.41) is 64.3. The summed E-state index contributed by atoms with van der Waals surface area (Å²) in [7, 11) is 0. The maximum absolute atomic E-state index is 11.3. The van der Waals surface area contributed by atoms with E-state index < -0.39 is 55.5 Å². The summed E-state index contributed by atoms with van der Waals surface area (Å²) >= 11 is 0. The third-order valence-corrected chi connectivity index (χ3v) is 2.32. The zero-order valence-corrected chi connectivity index (χ0v) is 9.75. The maximum atomic E-state index is 11.3. The van der Waals surface area contributed by atoms with Crippen LogP contribution in [0.25, 0.3) is 0 Å². The first-order valence-electron chi connectivity index (χ1n) is 5.23. The second-order valence-electron chi connectivity index (χ2n) is 3.76. The van der Waals surface area contributed by atoms with E-state index in [0.29, 0.717) is 0 Å². The first-order valence-corrected chi connectivity index (χ1v) is 5.23. The third kappa shape index (κ3) is 5.06. The van der Waals surface area contributed by atoms with Gasteiger partial charge in [0.15, 0.2) is 6.10 Å². The highest BCUT2D eigenvalue weighted by molar-refractivity contribution is 5.86. The van der Waals surface area contributed by atoms with Crippen LogP contribution >= 0.6 is 0 Å². The normalized spacial score (nSPS) is 19.1. The Balaban J connectivity index is 4.59. The SMILES string of the molecule is O=C(O)[C@H](CO)NC(=O)[C@H](O)[C@@H](O)[C@H](O)[C@H](O)CO. The van der Waals surface area contributed by atoms with Gasteiger partial charge in [-0.25, -0.2) is 4.79 Å². The standard InChI is InChI=1S/C9H17NO9/c11-1-3(9(18)19)10-8(17)7(16)6(15)5(14)4(13)2-12/h3-7,11-16H,1-2H2,(H,10,17)(H,18,19)/t3-,4+,5+,6-,7+/m0/s1. The summed E-state index contributed by atoms with van der Waals surface area (Å²) in [6, 6.07) is -1.69. The van der Waals surface area contributed by atoms with Gasteiger partial charge in [0.2, 0.25) is 0 Å². The summed E-state index contributed by atoms with van der Waals surface area (Å²) in [6.45, 7) is -1.85. The van der Waals surface area contributed by atoms with Crippen molar-refractivity contribution in [1.29, 1.82) is 0 Å². The van der Waals surface area contributed by atoms with Crippen LogP contribution in [-0.2, 0) is 9.59 Å². The molecule has 112 valence electrons. The summed E-state index contributed by atoms with van der Waals surface area (Å²) in [5.74, 6) is -2.92. The Kier molecular flexibility index (Phi) is 7.44. The number of hydrogen-bond acceptors (Lipinski definition) is 8. The molecule has 0 rings (SSSR count). The van der Waals surface area contributed by atoms with Crippen molar-refractivity contribution in [1.82, 2.24) is 5.32 Å². The van der Waals surface area contributed by atoms with Crippen LogP contribution in [0.2, 0.25) is 0 Å². The van der Waals surface area contributed by atoms with Gasteiger partial charge in [0, 0.05) is 0 Å². The Bertz CT molecular complexity index is 310. The van der Waals surface area contributed by atoms with Gasteiger partial charge in [0.05, 0.1) is 13.2 Å². The van der Waals surface area contributed by atoms with Crippen LogP contribution in [0.4, 0.5) is 0 Å². The molecular weight excluding hydrogens is 266 g/mol. The van der Waals surface area contributed by atoms with E-state index in [4.69, 9.17) is 20.4 Å². The molecule has 0 bridgehead atoms. The second kappa shape index (κ2) is 7.99. The monoisotopic (exact) mass is 283 g/mol. The highest BCUT2D eigenvalue weighted by Gasteiger charge is 2.35. The van der Waals surface area contributed by atoms with Crippen molar-refractivity contribution in [3.63, 3.8) is 0 Å². The molecule has 0 aliphatic rings. The lowest BCUT2D eigenvalue weighted by atomic mass is 10.0. The number of carbonyl (C=O) groups excluding carboxylic acids is 1. The first-order chi connectivity index (χ1) is 8.76. The number of rotatable bonds is 8. The molecule has 0 aliphatic heterocycles. The van der Waals surface area contributed by atoms with Crippen LogP contribution in [0.3, 0.4) is 0 Å². The fourth-order valence-electron chi connectivity index (χ4n) is 1.12. The number of nitrogens with one attached hydrogen (secondary N) is 1. The smallest absolute Gasteiger partial charge is 0.328 e. The fraction of sp³-hybridized carbons (Fsp3) is 0.778. The van der Waals surface area contributed by atoms with Crippen LogP contribution in [-0.4, -0.2) is 91.3 Å². The van der Waals surface area contributed by atoms with Crippen molar-refractivity contribution in [2.45, 2.75) is 30.5 Å². The Hall–Kier alpha value is -1.30. The van der Waals surface area contributed by atoms with Gasteiger partial charge in [-0.2, -0.15) is 0 Å². The summed E-state index contributed by atoms with van der Waals surface area (Å²) in [6.07, 6.45) is -8.19. The third-order valence-electron chi connectivity index (χ3n) is 2.32. The lowest BCUT2D eigenvalue weighted by Crippen LogP contribution is -2.55. The number of aliphatic hydroxyl groups is 6. The van der Waals surface area contributed by atoms with E-state index in [-0.39, 0.29) is 0 Å². The molecule has 19 heavy (non-hydrogen) atoms. The van der Waals surface area contributed by atoms with Crippen LogP contribution in [0.15, 0.2) is 0 Å². The fourth-order valence-corrected chi connectivity index (χ4v) is 1.12. The van der Waals surface area contributed by atoms with E-state index in [0.717, 1.165) is 0 Å². The molecular formula is C9H17NO9. The average molecular weight is 283 g/mol. The number of aliphatic carboxylic acids is 1. The second-order valence-corrected chi connectivity index (χ2v) is 3.76. The molecule has 0 aromatic heterocycles. The number of aliphatic hydroxyl groups excluding tert-OH is 6. The zero-order chi connectivity index (χ0) is 15.2. The van der Waals surface area contributed by atoms with Crippen LogP contribution < -0.4 is 5.32 Å². The van der Waals surface area contributed by atoms with Gasteiger partial charge in [-0.15, -0.1) is 0 Å². The molecule has 0 saturated heterocycles. The highest BCUT2D eigenvalue weighted by Crippen LogP contribution is 2.05. The maximum Gasteiger partial charge on any atom is 0.328 e. The molecule has 0 spiro atoms. The average Bonchev–Trinajstić information content (AvgIpc) is 2.40. The Morgan fingerprint density at radius 2 is 1.47 bits per heavy atom. The van der Waals surface area contributed by atoms with Gasteiger partial charge >= 0.3 is 5.97 Å². The van der Waals surface area contributed by atoms with Gasteiger partial charge in [-0.05, 0) is 0 Å². The van der Waals surface area contributed by atoms with E-state index in [1.807, 2.05) is 0 Å². The lowest BCUT2D eigenvalue weighted by molar-refractivity contribution is -0.153. The van der Waals surface area contributed by atoms with E-state index in [1.165, 1.54) is 0 Å². The lowest BCUT2D eigenvalue weighted by Gasteiger charge is -2.25.